The molecule has 0 fully saturated rings. The van der Waals surface area contributed by atoms with Gasteiger partial charge in [-0.2, -0.15) is 4.98 Å². The molecule has 3 aromatic carbocycles. The van der Waals surface area contributed by atoms with Crippen LogP contribution in [0.2, 0.25) is 0 Å². The van der Waals surface area contributed by atoms with Crippen molar-refractivity contribution < 1.29 is 17.9 Å². The van der Waals surface area contributed by atoms with Crippen LogP contribution in [0.4, 0.5) is 13.2 Å². The Hall–Kier alpha value is -7.42. The monoisotopic (exact) mass is 1170 g/mol. The minimum Gasteiger partial charge on any atom is -0.468 e. The maximum absolute atomic E-state index is 14.1. The summed E-state index contributed by atoms with van der Waals surface area (Å²) >= 11 is 0. The number of pyridine rings is 2. The first-order valence-electron chi connectivity index (χ1n) is 30.6. The number of hydrogen-bond acceptors (Lipinski definition) is 6. The predicted octanol–water partition coefficient (Wildman–Crippen LogP) is 18.0. The summed E-state index contributed by atoms with van der Waals surface area (Å²) in [4.78, 5) is 30.0. The number of aromatic nitrogens is 10. The van der Waals surface area contributed by atoms with Crippen molar-refractivity contribution in [2.45, 2.75) is 218 Å². The van der Waals surface area contributed by atoms with E-state index in [9.17, 15) is 18.0 Å². The molecule has 10 aromatic rings. The van der Waals surface area contributed by atoms with Gasteiger partial charge in [0.1, 0.15) is 11.3 Å². The van der Waals surface area contributed by atoms with E-state index in [1.54, 1.807) is 29.7 Å². The van der Waals surface area contributed by atoms with Gasteiger partial charge in [0, 0.05) is 49.7 Å². The highest BCUT2D eigenvalue weighted by atomic mass is 19.1. The molecule has 460 valence electrons. The van der Waals surface area contributed by atoms with Crippen LogP contribution in [0.3, 0.4) is 0 Å². The topological polar surface area (TPSA) is 106 Å². The molecule has 0 spiro atoms. The van der Waals surface area contributed by atoms with Crippen LogP contribution < -0.4 is 10.4 Å². The Kier molecular flexibility index (Phi) is 19.1. The van der Waals surface area contributed by atoms with Gasteiger partial charge in [0.25, 0.3) is 6.01 Å². The number of benzene rings is 3. The number of fused-ring (bicyclic) bond motifs is 5. The molecular formula is C71H93F3N10O2. The number of rotatable bonds is 8. The van der Waals surface area contributed by atoms with Crippen LogP contribution in [0.1, 0.15) is 228 Å². The maximum Gasteiger partial charge on any atom is 0.329 e. The third-order valence-corrected chi connectivity index (χ3v) is 17.0. The normalized spacial score (nSPS) is 14.0. The lowest BCUT2D eigenvalue weighted by molar-refractivity contribution is 0.356. The summed E-state index contributed by atoms with van der Waals surface area (Å²) in [5.41, 5.74) is 19.1. The van der Waals surface area contributed by atoms with Crippen LogP contribution in [-0.4, -0.2) is 54.1 Å². The molecule has 0 bridgehead atoms. The SMILES string of the molecule is C.C=C(C)c1c(C)nc2c(F)cc(C(C)C)cn12.CC(C)c1cc(F)c2nc3n(c2c1)C(C)(C)CC3.CC(C)c1cc2c3c(c1)n(C(C)C)c(=O)n3CCC2.COc1nc2cc(C(C)C)cc3c2n1CCC3.Cc1cn2cc(C(C)C)cc(F)c2n1. The first-order valence-corrected chi connectivity index (χ1v) is 30.6. The highest BCUT2D eigenvalue weighted by Gasteiger charge is 2.33. The van der Waals surface area contributed by atoms with Gasteiger partial charge in [0.2, 0.25) is 0 Å². The lowest BCUT2D eigenvalue weighted by Crippen LogP contribution is -2.26. The number of hydrogen-bond donors (Lipinski definition) is 0. The number of allylic oxidation sites excluding steroid dienone is 1. The molecule has 0 aliphatic carbocycles. The van der Waals surface area contributed by atoms with Crippen LogP contribution in [0, 0.1) is 31.3 Å². The molecule has 13 rings (SSSR count). The van der Waals surface area contributed by atoms with E-state index in [1.165, 1.54) is 39.7 Å². The number of nitrogens with zero attached hydrogens (tertiary/aromatic N) is 10. The van der Waals surface area contributed by atoms with E-state index in [-0.39, 0.29) is 48.1 Å². The highest BCUT2D eigenvalue weighted by molar-refractivity contribution is 5.83. The minimum atomic E-state index is -0.271. The van der Waals surface area contributed by atoms with Crippen molar-refractivity contribution in [2.75, 3.05) is 7.11 Å². The van der Waals surface area contributed by atoms with E-state index in [0.29, 0.717) is 40.5 Å². The van der Waals surface area contributed by atoms with E-state index in [0.717, 1.165) is 113 Å². The van der Waals surface area contributed by atoms with Gasteiger partial charge in [-0.3, -0.25) is 18.1 Å². The van der Waals surface area contributed by atoms with Crippen molar-refractivity contribution in [2.24, 2.45) is 0 Å². The molecule has 0 radical (unpaired) electrons. The van der Waals surface area contributed by atoms with E-state index in [2.05, 4.69) is 135 Å². The summed E-state index contributed by atoms with van der Waals surface area (Å²) < 4.78 is 58.9. The Morgan fingerprint density at radius 2 is 1.15 bits per heavy atom. The number of methoxy groups -OCH3 is 1. The zero-order valence-corrected chi connectivity index (χ0v) is 53.6. The van der Waals surface area contributed by atoms with Crippen LogP contribution in [-0.2, 0) is 37.9 Å². The summed E-state index contributed by atoms with van der Waals surface area (Å²) in [7, 11) is 1.70. The standard InChI is InChI=1S/C16H22N2O.C15H19FN2.C14H17FN2.C14H18N2O.C11H13FN2.CH4/c1-10(2)13-8-12-6-5-7-17-15(12)14(9-13)18(11(3)4)16(17)19;1-9(2)10-7-11(16)14-12(8-10)18-13(17-14)5-6-15(18,3)4;1-8(2)11-6-12(15)14-16-10(5)13(9(3)4)17(14)7-11;1-9(2)11-7-10-5-4-6-16-13(10)12(8-11)15-14(16)17-3;1-7(2)9-4-10(12)11-13-8(3)5-14(11)6-9;/h8-11H,5-7H2,1-4H3;7-9H,5-6H2,1-4H3;6-8H,3H2,1-2,4-5H3;7-9H,4-6H2,1-3H3;4-7H,1-3H3;1H4. The largest absolute Gasteiger partial charge is 0.468 e. The fourth-order valence-electron chi connectivity index (χ4n) is 12.3. The third kappa shape index (κ3) is 12.6. The Bertz CT molecular complexity index is 4190. The van der Waals surface area contributed by atoms with Crippen LogP contribution in [0.25, 0.3) is 50.0 Å². The second-order valence-electron chi connectivity index (χ2n) is 26.1. The van der Waals surface area contributed by atoms with E-state index in [1.807, 2.05) is 80.6 Å². The Morgan fingerprint density at radius 3 is 1.73 bits per heavy atom. The van der Waals surface area contributed by atoms with Crippen LogP contribution in [0.5, 0.6) is 6.01 Å². The molecule has 12 nitrogen and oxygen atoms in total. The number of imidazole rings is 5. The van der Waals surface area contributed by atoms with E-state index in [4.69, 9.17) is 4.74 Å². The van der Waals surface area contributed by atoms with Gasteiger partial charge in [-0.25, -0.2) is 32.9 Å². The van der Waals surface area contributed by atoms with Crippen LogP contribution in [0.15, 0.2) is 78.5 Å². The molecule has 7 aromatic heterocycles. The van der Waals surface area contributed by atoms with Crippen molar-refractivity contribution in [3.63, 3.8) is 0 Å². The molecule has 0 N–H and O–H groups in total. The first kappa shape index (κ1) is 64.6. The summed E-state index contributed by atoms with van der Waals surface area (Å²) in [5.74, 6) is 2.32. The van der Waals surface area contributed by atoms with E-state index < -0.39 is 0 Å². The Balaban J connectivity index is 0.000000140. The molecule has 0 saturated carbocycles. The van der Waals surface area contributed by atoms with Crippen molar-refractivity contribution >= 4 is 50.0 Å². The molecule has 0 amide bonds. The molecule has 86 heavy (non-hydrogen) atoms. The van der Waals surface area contributed by atoms with Crippen molar-refractivity contribution in [1.82, 2.24) is 47.0 Å². The molecule has 0 saturated heterocycles. The van der Waals surface area contributed by atoms with Gasteiger partial charge in [0.05, 0.1) is 51.8 Å². The lowest BCUT2D eigenvalue weighted by Gasteiger charge is -2.22. The predicted molar refractivity (Wildman–Crippen MR) is 349 cm³/mol. The van der Waals surface area contributed by atoms with Gasteiger partial charge in [0.15, 0.2) is 28.7 Å². The Morgan fingerprint density at radius 1 is 0.616 bits per heavy atom. The highest BCUT2D eigenvalue weighted by Crippen LogP contribution is 2.38. The van der Waals surface area contributed by atoms with Crippen molar-refractivity contribution in [3.05, 3.63) is 163 Å². The average molecular weight is 1180 g/mol. The number of ether oxygens (including phenoxy) is 1. The fraction of sp³-hybridized carbons (Fsp3) is 0.479. The number of halogens is 3. The van der Waals surface area contributed by atoms with Gasteiger partial charge >= 0.3 is 5.69 Å². The summed E-state index contributed by atoms with van der Waals surface area (Å²) in [6, 6.07) is 16.9. The van der Waals surface area contributed by atoms with Gasteiger partial charge < -0.3 is 13.7 Å². The summed E-state index contributed by atoms with van der Waals surface area (Å²) in [6.45, 7) is 41.3. The molecule has 3 aliphatic rings. The van der Waals surface area contributed by atoms with Crippen LogP contribution >= 0.6 is 0 Å². The summed E-state index contributed by atoms with van der Waals surface area (Å²) in [5, 5.41) is 0. The fourth-order valence-corrected chi connectivity index (χ4v) is 12.3. The molecule has 0 unspecified atom stereocenters. The lowest BCUT2D eigenvalue weighted by atomic mass is 9.96. The minimum absolute atomic E-state index is 0. The summed E-state index contributed by atoms with van der Waals surface area (Å²) in [6.07, 6.45) is 12.3. The second kappa shape index (κ2) is 25.5. The quantitative estimate of drug-likeness (QED) is 0.150. The van der Waals surface area contributed by atoms with Crippen molar-refractivity contribution in [1.29, 1.82) is 0 Å². The molecule has 0 atom stereocenters. The average Bonchev–Trinajstić information content (AvgIpc) is 1.86. The Labute approximate surface area is 507 Å². The molecule has 15 heteroatoms. The zero-order chi connectivity index (χ0) is 61.8. The second-order valence-corrected chi connectivity index (χ2v) is 26.1. The molecular weight excluding hydrogens is 1080 g/mol. The van der Waals surface area contributed by atoms with Gasteiger partial charge in [-0.1, -0.05) is 95.4 Å². The van der Waals surface area contributed by atoms with Gasteiger partial charge in [-0.15, -0.1) is 0 Å². The van der Waals surface area contributed by atoms with Gasteiger partial charge in [-0.05, 0) is 191 Å². The third-order valence-electron chi connectivity index (χ3n) is 17.0. The van der Waals surface area contributed by atoms with Crippen molar-refractivity contribution in [3.8, 4) is 6.01 Å². The van der Waals surface area contributed by atoms with E-state index >= 15 is 0 Å². The first-order chi connectivity index (χ1) is 40.1. The zero-order valence-electron chi connectivity index (χ0n) is 53.6. The molecule has 3 aliphatic heterocycles. The molecule has 10 heterocycles. The smallest absolute Gasteiger partial charge is 0.329 e. The maximum atomic E-state index is 14.1. The number of aryl methyl sites for hydroxylation is 7.